The van der Waals surface area contributed by atoms with Gasteiger partial charge in [-0.3, -0.25) is 0 Å². The minimum Gasteiger partial charge on any atom is -0.383 e. The maximum Gasteiger partial charge on any atom is 0.131 e. The molecule has 0 amide bonds. The molecule has 108 valence electrons. The van der Waals surface area contributed by atoms with Crippen LogP contribution in [0.1, 0.15) is 39.1 Å². The van der Waals surface area contributed by atoms with Crippen LogP contribution in [0.5, 0.6) is 0 Å². The summed E-state index contributed by atoms with van der Waals surface area (Å²) < 4.78 is 2.17. The molecule has 0 fully saturated rings. The summed E-state index contributed by atoms with van der Waals surface area (Å²) in [6.07, 6.45) is 1.90. The monoisotopic (exact) mass is 271 g/mol. The van der Waals surface area contributed by atoms with Gasteiger partial charge in [0.05, 0.1) is 0 Å². The first-order valence-corrected chi connectivity index (χ1v) is 7.51. The molecule has 0 saturated heterocycles. The molecule has 2 N–H and O–H groups in total. The summed E-state index contributed by atoms with van der Waals surface area (Å²) in [5, 5.41) is 0. The number of nitrogens with zero attached hydrogens (tertiary/aromatic N) is 2. The maximum atomic E-state index is 6.38. The van der Waals surface area contributed by atoms with E-state index in [1.165, 1.54) is 11.1 Å². The zero-order valence-corrected chi connectivity index (χ0v) is 13.0. The van der Waals surface area contributed by atoms with Crippen molar-refractivity contribution in [3.8, 4) is 11.3 Å². The fraction of sp³-hybridized carbons (Fsp3) is 0.471. The molecule has 3 nitrogen and oxygen atoms in total. The summed E-state index contributed by atoms with van der Waals surface area (Å²) >= 11 is 0. The predicted molar refractivity (Wildman–Crippen MR) is 85.7 cm³/mol. The van der Waals surface area contributed by atoms with Gasteiger partial charge in [0, 0.05) is 18.5 Å². The van der Waals surface area contributed by atoms with Gasteiger partial charge in [0.1, 0.15) is 17.3 Å². The third-order valence-corrected chi connectivity index (χ3v) is 3.60. The van der Waals surface area contributed by atoms with Gasteiger partial charge in [0.25, 0.3) is 0 Å². The van der Waals surface area contributed by atoms with Crippen molar-refractivity contribution < 1.29 is 0 Å². The Kier molecular flexibility index (Phi) is 4.48. The quantitative estimate of drug-likeness (QED) is 0.896. The highest BCUT2D eigenvalue weighted by molar-refractivity contribution is 5.73. The SMILES string of the molecule is CCc1ccccc1-c1nc(CC)n(CC(C)C)c1N. The molecule has 0 radical (unpaired) electrons. The van der Waals surface area contributed by atoms with E-state index in [0.717, 1.165) is 36.7 Å². The van der Waals surface area contributed by atoms with Crippen LogP contribution in [0.25, 0.3) is 11.3 Å². The van der Waals surface area contributed by atoms with Crippen LogP contribution < -0.4 is 5.73 Å². The highest BCUT2D eigenvalue weighted by Gasteiger charge is 2.17. The fourth-order valence-electron chi connectivity index (χ4n) is 2.61. The number of aryl methyl sites for hydroxylation is 2. The zero-order valence-electron chi connectivity index (χ0n) is 13.0. The Morgan fingerprint density at radius 3 is 2.45 bits per heavy atom. The molecule has 0 bridgehead atoms. The van der Waals surface area contributed by atoms with Gasteiger partial charge in [-0.2, -0.15) is 0 Å². The summed E-state index contributed by atoms with van der Waals surface area (Å²) in [5.74, 6) is 2.44. The lowest BCUT2D eigenvalue weighted by Crippen LogP contribution is -2.11. The number of aromatic nitrogens is 2. The third kappa shape index (κ3) is 2.72. The Morgan fingerprint density at radius 1 is 1.15 bits per heavy atom. The summed E-state index contributed by atoms with van der Waals surface area (Å²) in [4.78, 5) is 4.80. The van der Waals surface area contributed by atoms with E-state index in [9.17, 15) is 0 Å². The maximum absolute atomic E-state index is 6.38. The van der Waals surface area contributed by atoms with E-state index in [-0.39, 0.29) is 0 Å². The third-order valence-electron chi connectivity index (χ3n) is 3.60. The molecule has 0 aliphatic carbocycles. The van der Waals surface area contributed by atoms with Gasteiger partial charge >= 0.3 is 0 Å². The number of imidazole rings is 1. The molecule has 1 aromatic heterocycles. The molecule has 0 saturated carbocycles. The Hall–Kier alpha value is -1.77. The lowest BCUT2D eigenvalue weighted by atomic mass is 10.0. The van der Waals surface area contributed by atoms with E-state index in [1.54, 1.807) is 0 Å². The lowest BCUT2D eigenvalue weighted by Gasteiger charge is -2.11. The normalized spacial score (nSPS) is 11.2. The molecular weight excluding hydrogens is 246 g/mol. The van der Waals surface area contributed by atoms with Crippen molar-refractivity contribution in [1.29, 1.82) is 0 Å². The molecule has 1 aromatic carbocycles. The Bertz CT molecular complexity index is 582. The van der Waals surface area contributed by atoms with Gasteiger partial charge < -0.3 is 10.3 Å². The number of anilines is 1. The van der Waals surface area contributed by atoms with Crippen molar-refractivity contribution in [1.82, 2.24) is 9.55 Å². The van der Waals surface area contributed by atoms with E-state index in [0.29, 0.717) is 5.92 Å². The van der Waals surface area contributed by atoms with Crippen LogP contribution in [0.15, 0.2) is 24.3 Å². The Morgan fingerprint density at radius 2 is 1.85 bits per heavy atom. The second kappa shape index (κ2) is 6.12. The van der Waals surface area contributed by atoms with Crippen LogP contribution in [0.3, 0.4) is 0 Å². The molecule has 1 heterocycles. The lowest BCUT2D eigenvalue weighted by molar-refractivity contribution is 0.513. The minimum atomic E-state index is 0.561. The fourth-order valence-corrected chi connectivity index (χ4v) is 2.61. The largest absolute Gasteiger partial charge is 0.383 e. The summed E-state index contributed by atoms with van der Waals surface area (Å²) in [6.45, 7) is 9.64. The van der Waals surface area contributed by atoms with Crippen molar-refractivity contribution in [2.75, 3.05) is 5.73 Å². The molecule has 0 aliphatic heterocycles. The van der Waals surface area contributed by atoms with Crippen LogP contribution in [0.2, 0.25) is 0 Å². The Balaban J connectivity index is 2.55. The number of hydrogen-bond donors (Lipinski definition) is 1. The number of rotatable bonds is 5. The molecule has 0 aliphatic rings. The first kappa shape index (κ1) is 14.6. The second-order valence-electron chi connectivity index (χ2n) is 5.63. The molecular formula is C17H25N3. The van der Waals surface area contributed by atoms with Gasteiger partial charge in [0.15, 0.2) is 0 Å². The number of nitrogen functional groups attached to an aromatic ring is 1. The van der Waals surface area contributed by atoms with Crippen molar-refractivity contribution in [2.24, 2.45) is 5.92 Å². The first-order chi connectivity index (χ1) is 9.58. The standard InChI is InChI=1S/C17H25N3/c1-5-13-9-7-8-10-14(13)16-17(18)20(11-12(3)4)15(6-2)19-16/h7-10,12H,5-6,11,18H2,1-4H3. The number of hydrogen-bond acceptors (Lipinski definition) is 2. The average Bonchev–Trinajstić information content (AvgIpc) is 2.75. The van der Waals surface area contributed by atoms with Crippen LogP contribution in [-0.2, 0) is 19.4 Å². The van der Waals surface area contributed by atoms with Gasteiger partial charge in [0.2, 0.25) is 0 Å². The van der Waals surface area contributed by atoms with E-state index < -0.39 is 0 Å². The second-order valence-corrected chi connectivity index (χ2v) is 5.63. The number of nitrogens with two attached hydrogens (primary N) is 1. The zero-order chi connectivity index (χ0) is 14.7. The van der Waals surface area contributed by atoms with Crippen LogP contribution in [0.4, 0.5) is 5.82 Å². The summed E-state index contributed by atoms with van der Waals surface area (Å²) in [7, 11) is 0. The first-order valence-electron chi connectivity index (χ1n) is 7.51. The van der Waals surface area contributed by atoms with E-state index in [2.05, 4.69) is 56.5 Å². The Labute approximate surface area is 121 Å². The van der Waals surface area contributed by atoms with Gasteiger partial charge in [-0.25, -0.2) is 4.98 Å². The molecule has 2 rings (SSSR count). The summed E-state index contributed by atoms with van der Waals surface area (Å²) in [6, 6.07) is 8.41. The summed E-state index contributed by atoms with van der Waals surface area (Å²) in [5.41, 5.74) is 9.80. The number of benzene rings is 1. The van der Waals surface area contributed by atoms with Crippen molar-refractivity contribution >= 4 is 5.82 Å². The van der Waals surface area contributed by atoms with Crippen LogP contribution >= 0.6 is 0 Å². The molecule has 0 atom stereocenters. The highest BCUT2D eigenvalue weighted by atomic mass is 15.1. The average molecular weight is 271 g/mol. The van der Waals surface area contributed by atoms with E-state index in [4.69, 9.17) is 10.7 Å². The predicted octanol–water partition coefficient (Wildman–Crippen LogP) is 3.91. The molecule has 20 heavy (non-hydrogen) atoms. The van der Waals surface area contributed by atoms with Crippen molar-refractivity contribution in [3.63, 3.8) is 0 Å². The van der Waals surface area contributed by atoms with E-state index >= 15 is 0 Å². The van der Waals surface area contributed by atoms with Crippen LogP contribution in [-0.4, -0.2) is 9.55 Å². The van der Waals surface area contributed by atoms with Crippen LogP contribution in [0, 0.1) is 5.92 Å². The van der Waals surface area contributed by atoms with E-state index in [1.807, 2.05) is 0 Å². The molecule has 3 heteroatoms. The van der Waals surface area contributed by atoms with Crippen molar-refractivity contribution in [2.45, 2.75) is 47.1 Å². The van der Waals surface area contributed by atoms with Crippen molar-refractivity contribution in [3.05, 3.63) is 35.7 Å². The molecule has 0 unspecified atom stereocenters. The van der Waals surface area contributed by atoms with Gasteiger partial charge in [-0.1, -0.05) is 52.0 Å². The molecule has 0 spiro atoms. The smallest absolute Gasteiger partial charge is 0.131 e. The highest BCUT2D eigenvalue weighted by Crippen LogP contribution is 2.30. The molecule has 2 aromatic rings. The van der Waals surface area contributed by atoms with Gasteiger partial charge in [-0.05, 0) is 17.9 Å². The topological polar surface area (TPSA) is 43.8 Å². The minimum absolute atomic E-state index is 0.561. The van der Waals surface area contributed by atoms with Gasteiger partial charge in [-0.15, -0.1) is 0 Å².